The maximum atomic E-state index is 13.8. The number of hydrogen-bond donors (Lipinski definition) is 1. The molecular weight excluding hydrogens is 408 g/mol. The number of nitrogens with zero attached hydrogens (tertiary/aromatic N) is 2. The smallest absolute Gasteiger partial charge is 0.229 e. The van der Waals surface area contributed by atoms with Crippen LogP contribution in [0.25, 0.3) is 0 Å². The zero-order chi connectivity index (χ0) is 21.3. The molecular formula is C22H27F2N3O2S. The Labute approximate surface area is 176 Å². The molecule has 0 amide bonds. The van der Waals surface area contributed by atoms with Crippen LogP contribution in [0.4, 0.5) is 20.2 Å². The zero-order valence-corrected chi connectivity index (χ0v) is 17.9. The van der Waals surface area contributed by atoms with Gasteiger partial charge in [-0.05, 0) is 55.0 Å². The Hall–Kier alpha value is -2.19. The van der Waals surface area contributed by atoms with Gasteiger partial charge in [-0.25, -0.2) is 17.2 Å². The highest BCUT2D eigenvalue weighted by atomic mass is 32.2. The number of benzene rings is 2. The first kappa shape index (κ1) is 21.1. The van der Waals surface area contributed by atoms with E-state index < -0.39 is 21.7 Å². The van der Waals surface area contributed by atoms with Crippen LogP contribution in [-0.4, -0.2) is 51.8 Å². The van der Waals surface area contributed by atoms with E-state index in [9.17, 15) is 17.2 Å². The maximum Gasteiger partial charge on any atom is 0.229 e. The minimum Gasteiger partial charge on any atom is -0.368 e. The summed E-state index contributed by atoms with van der Waals surface area (Å²) in [5.74, 6) is -1.02. The van der Waals surface area contributed by atoms with Gasteiger partial charge in [-0.1, -0.05) is 12.1 Å². The number of piperidine rings is 1. The van der Waals surface area contributed by atoms with Crippen LogP contribution in [0, 0.1) is 11.6 Å². The van der Waals surface area contributed by atoms with E-state index in [0.717, 1.165) is 63.5 Å². The van der Waals surface area contributed by atoms with E-state index in [-0.39, 0.29) is 0 Å². The molecule has 0 spiro atoms. The molecule has 2 aromatic rings. The molecule has 8 heteroatoms. The zero-order valence-electron chi connectivity index (χ0n) is 17.1. The molecule has 2 aliphatic heterocycles. The molecule has 1 fully saturated rings. The van der Waals surface area contributed by atoms with E-state index in [1.807, 2.05) is 18.2 Å². The molecule has 0 unspecified atom stereocenters. The first-order chi connectivity index (χ1) is 14.3. The van der Waals surface area contributed by atoms with Crippen molar-refractivity contribution in [3.63, 3.8) is 0 Å². The van der Waals surface area contributed by atoms with Gasteiger partial charge in [0.25, 0.3) is 0 Å². The van der Waals surface area contributed by atoms with E-state index in [4.69, 9.17) is 0 Å². The van der Waals surface area contributed by atoms with Crippen molar-refractivity contribution in [1.82, 2.24) is 4.90 Å². The summed E-state index contributed by atoms with van der Waals surface area (Å²) >= 11 is 0. The lowest BCUT2D eigenvalue weighted by Gasteiger charge is -2.38. The fourth-order valence-electron chi connectivity index (χ4n) is 4.52. The number of fused-ring (bicyclic) bond motifs is 1. The van der Waals surface area contributed by atoms with Gasteiger partial charge in [0.1, 0.15) is 11.6 Å². The van der Waals surface area contributed by atoms with E-state index in [0.29, 0.717) is 23.7 Å². The second-order valence-electron chi connectivity index (χ2n) is 8.22. The van der Waals surface area contributed by atoms with Crippen molar-refractivity contribution in [3.8, 4) is 0 Å². The van der Waals surface area contributed by atoms with E-state index >= 15 is 0 Å². The third kappa shape index (κ3) is 4.92. The van der Waals surface area contributed by atoms with Crippen LogP contribution in [0.15, 0.2) is 36.4 Å². The standard InChI is InChI=1S/C22H27F2N3O2S/c1-30(28,29)25-19-5-3-17-7-13-27(22(17)15-19)20-8-11-26(12-9-20)10-6-16-2-4-18(23)14-21(16)24/h2-5,14-15,20,25H,6-13H2,1H3. The number of sulfonamides is 1. The molecule has 0 aromatic heterocycles. The Bertz CT molecular complexity index is 1020. The highest BCUT2D eigenvalue weighted by molar-refractivity contribution is 7.92. The largest absolute Gasteiger partial charge is 0.368 e. The first-order valence-electron chi connectivity index (χ1n) is 10.3. The first-order valence-corrected chi connectivity index (χ1v) is 12.2. The lowest BCUT2D eigenvalue weighted by molar-refractivity contribution is 0.211. The van der Waals surface area contributed by atoms with Crippen LogP contribution in [0.5, 0.6) is 0 Å². The summed E-state index contributed by atoms with van der Waals surface area (Å²) in [4.78, 5) is 4.73. The lowest BCUT2D eigenvalue weighted by Crippen LogP contribution is -2.45. The number of halogens is 2. The fourth-order valence-corrected chi connectivity index (χ4v) is 5.07. The van der Waals surface area contributed by atoms with Crippen molar-refractivity contribution in [2.45, 2.75) is 31.7 Å². The summed E-state index contributed by atoms with van der Waals surface area (Å²) in [7, 11) is -3.30. The van der Waals surface area contributed by atoms with Crippen molar-refractivity contribution in [2.75, 3.05) is 42.1 Å². The molecule has 5 nitrogen and oxygen atoms in total. The van der Waals surface area contributed by atoms with Gasteiger partial charge in [-0.3, -0.25) is 4.72 Å². The Kier molecular flexibility index (Phi) is 5.97. The number of likely N-dealkylation sites (tertiary alicyclic amines) is 1. The van der Waals surface area contributed by atoms with Crippen LogP contribution >= 0.6 is 0 Å². The molecule has 0 bridgehead atoms. The van der Waals surface area contributed by atoms with Crippen LogP contribution in [0.3, 0.4) is 0 Å². The minimum absolute atomic E-state index is 0.415. The van der Waals surface area contributed by atoms with Crippen LogP contribution in [0.1, 0.15) is 24.0 Å². The molecule has 30 heavy (non-hydrogen) atoms. The van der Waals surface area contributed by atoms with Crippen LogP contribution in [-0.2, 0) is 22.9 Å². The van der Waals surface area contributed by atoms with Gasteiger partial charge < -0.3 is 9.80 Å². The van der Waals surface area contributed by atoms with Gasteiger partial charge in [0, 0.05) is 44.0 Å². The molecule has 0 saturated carbocycles. The third-order valence-electron chi connectivity index (χ3n) is 6.03. The molecule has 0 radical (unpaired) electrons. The second-order valence-corrected chi connectivity index (χ2v) is 9.97. The molecule has 0 aliphatic carbocycles. The van der Waals surface area contributed by atoms with E-state index in [1.54, 1.807) is 0 Å². The molecule has 2 heterocycles. The average Bonchev–Trinajstić information content (AvgIpc) is 3.10. The lowest BCUT2D eigenvalue weighted by atomic mass is 10.0. The molecule has 0 atom stereocenters. The summed E-state index contributed by atoms with van der Waals surface area (Å²) in [6.45, 7) is 3.57. The van der Waals surface area contributed by atoms with Gasteiger partial charge in [0.2, 0.25) is 10.0 Å². The average molecular weight is 436 g/mol. The summed E-state index contributed by atoms with van der Waals surface area (Å²) < 4.78 is 52.6. The van der Waals surface area contributed by atoms with Gasteiger partial charge in [-0.15, -0.1) is 0 Å². The SMILES string of the molecule is CS(=O)(=O)Nc1ccc2c(c1)N(C1CCN(CCc3ccc(F)cc3F)CC1)CC2. The predicted octanol–water partition coefficient (Wildman–Crippen LogP) is 3.41. The third-order valence-corrected chi connectivity index (χ3v) is 6.64. The van der Waals surface area contributed by atoms with Crippen molar-refractivity contribution in [3.05, 3.63) is 59.2 Å². The van der Waals surface area contributed by atoms with E-state index in [2.05, 4.69) is 14.5 Å². The second kappa shape index (κ2) is 8.51. The van der Waals surface area contributed by atoms with Crippen molar-refractivity contribution in [1.29, 1.82) is 0 Å². The number of rotatable bonds is 6. The topological polar surface area (TPSA) is 52.7 Å². The molecule has 2 aromatic carbocycles. The van der Waals surface area contributed by atoms with Gasteiger partial charge >= 0.3 is 0 Å². The monoisotopic (exact) mass is 435 g/mol. The molecule has 1 N–H and O–H groups in total. The van der Waals surface area contributed by atoms with Gasteiger partial charge in [0.15, 0.2) is 0 Å². The summed E-state index contributed by atoms with van der Waals surface area (Å²) in [5.41, 5.74) is 3.53. The Balaban J connectivity index is 1.34. The Morgan fingerprint density at radius 3 is 2.53 bits per heavy atom. The highest BCUT2D eigenvalue weighted by Crippen LogP contribution is 2.35. The van der Waals surface area contributed by atoms with Crippen molar-refractivity contribution < 1.29 is 17.2 Å². The van der Waals surface area contributed by atoms with Crippen LogP contribution in [0.2, 0.25) is 0 Å². The molecule has 4 rings (SSSR count). The summed E-state index contributed by atoms with van der Waals surface area (Å²) in [6, 6.07) is 9.96. The van der Waals surface area contributed by atoms with Crippen molar-refractivity contribution >= 4 is 21.4 Å². The number of anilines is 2. The Morgan fingerprint density at radius 2 is 1.83 bits per heavy atom. The molecule has 162 valence electrons. The highest BCUT2D eigenvalue weighted by Gasteiger charge is 2.29. The number of nitrogens with one attached hydrogen (secondary N) is 1. The number of hydrogen-bond acceptors (Lipinski definition) is 4. The van der Waals surface area contributed by atoms with E-state index in [1.165, 1.54) is 17.7 Å². The van der Waals surface area contributed by atoms with Crippen LogP contribution < -0.4 is 9.62 Å². The minimum atomic E-state index is -3.30. The normalized spacial score (nSPS) is 17.9. The molecule has 1 saturated heterocycles. The molecule has 2 aliphatic rings. The maximum absolute atomic E-state index is 13.8. The van der Waals surface area contributed by atoms with Crippen molar-refractivity contribution in [2.24, 2.45) is 0 Å². The Morgan fingerprint density at radius 1 is 1.07 bits per heavy atom. The summed E-state index contributed by atoms with van der Waals surface area (Å²) in [5, 5.41) is 0. The quantitative estimate of drug-likeness (QED) is 0.756. The predicted molar refractivity (Wildman–Crippen MR) is 115 cm³/mol. The van der Waals surface area contributed by atoms with Gasteiger partial charge in [0.05, 0.1) is 11.9 Å². The fraction of sp³-hybridized carbons (Fsp3) is 0.455. The summed E-state index contributed by atoms with van der Waals surface area (Å²) in [6.07, 6.45) is 4.72. The van der Waals surface area contributed by atoms with Gasteiger partial charge in [-0.2, -0.15) is 0 Å².